The number of anilines is 2. The lowest BCUT2D eigenvalue weighted by Gasteiger charge is -2.40. The summed E-state index contributed by atoms with van der Waals surface area (Å²) in [5, 5.41) is 5.87. The van der Waals surface area contributed by atoms with Crippen molar-refractivity contribution >= 4 is 58.4 Å². The van der Waals surface area contributed by atoms with Crippen LogP contribution in [0.3, 0.4) is 0 Å². The Kier molecular flexibility index (Phi) is 8.40. The molecule has 33 heavy (non-hydrogen) atoms. The van der Waals surface area contributed by atoms with Gasteiger partial charge in [0.1, 0.15) is 10.7 Å². The Labute approximate surface area is 212 Å². The van der Waals surface area contributed by atoms with E-state index in [2.05, 4.69) is 90.6 Å². The first kappa shape index (κ1) is 25.5. The van der Waals surface area contributed by atoms with Gasteiger partial charge in [0.25, 0.3) is 0 Å². The summed E-state index contributed by atoms with van der Waals surface area (Å²) in [6, 6.07) is 19.5. The summed E-state index contributed by atoms with van der Waals surface area (Å²) in [7, 11) is 2.24. The number of thiazole rings is 1. The molecule has 3 heterocycles. The number of nitrogens with one attached hydrogen (secondary N) is 1. The summed E-state index contributed by atoms with van der Waals surface area (Å²) < 4.78 is 0. The number of rotatable bonds is 3. The Morgan fingerprint density at radius 2 is 1.76 bits per heavy atom. The summed E-state index contributed by atoms with van der Waals surface area (Å²) in [6.45, 7) is 7.32. The molecule has 3 aromatic rings. The predicted octanol–water partition coefficient (Wildman–Crippen LogP) is 6.10. The number of halogens is 2. The highest BCUT2D eigenvalue weighted by Gasteiger charge is 2.31. The maximum atomic E-state index is 5.15. The molecule has 1 saturated heterocycles. The van der Waals surface area contributed by atoms with Gasteiger partial charge in [0.15, 0.2) is 5.84 Å². The van der Waals surface area contributed by atoms with E-state index in [4.69, 9.17) is 9.98 Å². The van der Waals surface area contributed by atoms with Crippen LogP contribution in [0, 0.1) is 0 Å². The fourth-order valence-electron chi connectivity index (χ4n) is 4.25. The van der Waals surface area contributed by atoms with Gasteiger partial charge in [-0.15, -0.1) is 36.2 Å². The summed E-state index contributed by atoms with van der Waals surface area (Å²) in [6.07, 6.45) is 1.04. The first-order valence-corrected chi connectivity index (χ1v) is 11.8. The predicted molar refractivity (Wildman–Crippen MR) is 145 cm³/mol. The minimum Gasteiger partial charge on any atom is -0.352 e. The smallest absolute Gasteiger partial charge is 0.158 e. The summed E-state index contributed by atoms with van der Waals surface area (Å²) >= 11 is 1.75. The van der Waals surface area contributed by atoms with E-state index in [9.17, 15) is 0 Å². The zero-order chi connectivity index (χ0) is 21.4. The van der Waals surface area contributed by atoms with Gasteiger partial charge in [-0.2, -0.15) is 0 Å². The monoisotopic (exact) mass is 503 g/mol. The summed E-state index contributed by atoms with van der Waals surface area (Å²) in [5.41, 5.74) is 4.40. The maximum Gasteiger partial charge on any atom is 0.158 e. The van der Waals surface area contributed by atoms with Gasteiger partial charge in [0, 0.05) is 31.6 Å². The molecule has 0 spiro atoms. The van der Waals surface area contributed by atoms with E-state index in [1.165, 1.54) is 5.56 Å². The number of aromatic nitrogens is 1. The molecular formula is C25H31Cl2N5S. The number of para-hydroxylation sites is 2. The molecule has 0 bridgehead atoms. The van der Waals surface area contributed by atoms with E-state index in [1.54, 1.807) is 11.3 Å². The molecule has 0 saturated carbocycles. The van der Waals surface area contributed by atoms with E-state index < -0.39 is 0 Å². The second kappa shape index (κ2) is 10.9. The SMILES string of the molecule is CC(C)c1nc2c(s1)Nc1ccccc1N=C2N1CCN(C)C(Cc2ccccc2)C1.Cl.Cl. The third kappa shape index (κ3) is 5.35. The van der Waals surface area contributed by atoms with E-state index in [-0.39, 0.29) is 24.8 Å². The highest BCUT2D eigenvalue weighted by molar-refractivity contribution is 7.16. The van der Waals surface area contributed by atoms with Crippen LogP contribution < -0.4 is 5.32 Å². The molecular weight excluding hydrogens is 473 g/mol. The fraction of sp³-hybridized carbons (Fsp3) is 0.360. The summed E-state index contributed by atoms with van der Waals surface area (Å²) in [4.78, 5) is 15.1. The standard InChI is InChI=1S/C25H29N5S.2ClH/c1-17(2)24-28-22-23(26-20-11-7-8-12-21(20)27-25(22)31-24)30-14-13-29(3)19(16-30)15-18-9-5-4-6-10-18;;/h4-12,17,19,27H,13-16H2,1-3H3;2*1H. The Hall–Kier alpha value is -2.12. The minimum atomic E-state index is 0. The van der Waals surface area contributed by atoms with E-state index in [0.717, 1.165) is 59.0 Å². The van der Waals surface area contributed by atoms with Crippen LogP contribution in [0.2, 0.25) is 0 Å². The van der Waals surface area contributed by atoms with Crippen LogP contribution in [0.25, 0.3) is 0 Å². The van der Waals surface area contributed by atoms with Crippen LogP contribution in [0.15, 0.2) is 59.6 Å². The van der Waals surface area contributed by atoms with Crippen molar-refractivity contribution in [3.63, 3.8) is 0 Å². The quantitative estimate of drug-likeness (QED) is 0.468. The Morgan fingerprint density at radius 3 is 2.52 bits per heavy atom. The first-order valence-electron chi connectivity index (χ1n) is 11.0. The van der Waals surface area contributed by atoms with Gasteiger partial charge in [0.2, 0.25) is 0 Å². The molecule has 2 aliphatic rings. The van der Waals surface area contributed by atoms with E-state index >= 15 is 0 Å². The van der Waals surface area contributed by atoms with E-state index in [0.29, 0.717) is 12.0 Å². The van der Waals surface area contributed by atoms with Crippen LogP contribution >= 0.6 is 36.2 Å². The van der Waals surface area contributed by atoms with Gasteiger partial charge < -0.3 is 10.2 Å². The average Bonchev–Trinajstić information content (AvgIpc) is 3.13. The molecule has 1 aromatic heterocycles. The van der Waals surface area contributed by atoms with Crippen molar-refractivity contribution in [1.29, 1.82) is 0 Å². The van der Waals surface area contributed by atoms with Crippen molar-refractivity contribution in [2.75, 3.05) is 32.0 Å². The molecule has 5 rings (SSSR count). The Balaban J connectivity index is 0.00000153. The molecule has 1 unspecified atom stereocenters. The third-order valence-corrected chi connectivity index (χ3v) is 7.39. The highest BCUT2D eigenvalue weighted by atomic mass is 35.5. The van der Waals surface area contributed by atoms with Crippen molar-refractivity contribution < 1.29 is 0 Å². The van der Waals surface area contributed by atoms with Gasteiger partial charge in [-0.05, 0) is 31.2 Å². The molecule has 5 nitrogen and oxygen atoms in total. The van der Waals surface area contributed by atoms with Crippen molar-refractivity contribution in [3.8, 4) is 0 Å². The Morgan fingerprint density at radius 1 is 1.03 bits per heavy atom. The number of hydrogen-bond donors (Lipinski definition) is 1. The number of nitrogens with zero attached hydrogens (tertiary/aromatic N) is 4. The van der Waals surface area contributed by atoms with E-state index in [1.807, 2.05) is 0 Å². The maximum absolute atomic E-state index is 5.15. The number of aliphatic imine (C=N–C) groups is 1. The second-order valence-electron chi connectivity index (χ2n) is 8.73. The van der Waals surface area contributed by atoms with Crippen LogP contribution in [-0.4, -0.2) is 53.3 Å². The number of piperazine rings is 1. The van der Waals surface area contributed by atoms with Crippen LogP contribution in [0.1, 0.15) is 36.0 Å². The third-order valence-electron chi connectivity index (χ3n) is 6.12. The van der Waals surface area contributed by atoms with Gasteiger partial charge in [-0.3, -0.25) is 4.90 Å². The number of likely N-dealkylation sites (N-methyl/N-ethyl adjacent to an activating group) is 1. The molecule has 2 aliphatic heterocycles. The van der Waals surface area contributed by atoms with Crippen LogP contribution in [-0.2, 0) is 6.42 Å². The number of hydrogen-bond acceptors (Lipinski definition) is 6. The van der Waals surface area contributed by atoms with Gasteiger partial charge in [-0.1, -0.05) is 56.3 Å². The number of benzene rings is 2. The molecule has 0 radical (unpaired) electrons. The molecule has 1 N–H and O–H groups in total. The molecule has 1 atom stereocenters. The van der Waals surface area contributed by atoms with Crippen molar-refractivity contribution in [2.45, 2.75) is 32.2 Å². The number of amidine groups is 1. The fourth-order valence-corrected chi connectivity index (χ4v) is 5.23. The normalized spacial score (nSPS) is 17.6. The van der Waals surface area contributed by atoms with Crippen molar-refractivity contribution in [1.82, 2.24) is 14.8 Å². The zero-order valence-electron chi connectivity index (χ0n) is 19.2. The lowest BCUT2D eigenvalue weighted by molar-refractivity contribution is 0.140. The first-order chi connectivity index (χ1) is 15.1. The molecule has 0 amide bonds. The van der Waals surface area contributed by atoms with Crippen molar-refractivity contribution in [3.05, 3.63) is 70.9 Å². The number of fused-ring (bicyclic) bond motifs is 2. The van der Waals surface area contributed by atoms with Gasteiger partial charge >= 0.3 is 0 Å². The molecule has 176 valence electrons. The topological polar surface area (TPSA) is 43.8 Å². The largest absolute Gasteiger partial charge is 0.352 e. The van der Waals surface area contributed by atoms with Gasteiger partial charge in [-0.25, -0.2) is 9.98 Å². The zero-order valence-corrected chi connectivity index (χ0v) is 21.6. The molecule has 0 aliphatic carbocycles. The van der Waals surface area contributed by atoms with Gasteiger partial charge in [0.05, 0.1) is 16.4 Å². The lowest BCUT2D eigenvalue weighted by Crippen LogP contribution is -2.54. The molecule has 1 fully saturated rings. The summed E-state index contributed by atoms with van der Waals surface area (Å²) in [5.74, 6) is 1.40. The lowest BCUT2D eigenvalue weighted by atomic mass is 10.0. The highest BCUT2D eigenvalue weighted by Crippen LogP contribution is 2.39. The van der Waals surface area contributed by atoms with Crippen LogP contribution in [0.4, 0.5) is 16.4 Å². The van der Waals surface area contributed by atoms with Crippen molar-refractivity contribution in [2.24, 2.45) is 4.99 Å². The van der Waals surface area contributed by atoms with Crippen LogP contribution in [0.5, 0.6) is 0 Å². The Bertz CT molecular complexity index is 1100. The molecule has 8 heteroatoms. The molecule has 2 aromatic carbocycles. The second-order valence-corrected chi connectivity index (χ2v) is 9.76. The average molecular weight is 505 g/mol. The minimum absolute atomic E-state index is 0.